The van der Waals surface area contributed by atoms with E-state index in [1.165, 1.54) is 25.2 Å². The number of alkyl halides is 6. The molecule has 11 heteroatoms. The first kappa shape index (κ1) is 20.6. The number of hydrazine groups is 1. The lowest BCUT2D eigenvalue weighted by Crippen LogP contribution is -2.45. The van der Waals surface area contributed by atoms with Crippen LogP contribution in [0.4, 0.5) is 32.0 Å². The SMILES string of the molecule is CN(C)NC(=O)CN(CC(F)(F)F)c1ccc(C#N)c(C(F)(F)F)c1. The summed E-state index contributed by atoms with van der Waals surface area (Å²) in [7, 11) is 2.85. The number of hydrogen-bond donors (Lipinski definition) is 1. The molecule has 0 saturated heterocycles. The van der Waals surface area contributed by atoms with Crippen molar-refractivity contribution in [1.29, 1.82) is 5.26 Å². The summed E-state index contributed by atoms with van der Waals surface area (Å²) in [6.45, 7) is -2.45. The second-order valence-electron chi connectivity index (χ2n) is 5.24. The molecule has 0 heterocycles. The Bertz CT molecular complexity index is 663. The third-order valence-electron chi connectivity index (χ3n) is 2.85. The Labute approximate surface area is 139 Å². The first-order valence-corrected chi connectivity index (χ1v) is 6.73. The van der Waals surface area contributed by atoms with Gasteiger partial charge in [-0.1, -0.05) is 0 Å². The van der Waals surface area contributed by atoms with Gasteiger partial charge in [0.05, 0.1) is 23.7 Å². The number of nitrogens with one attached hydrogen (secondary N) is 1. The van der Waals surface area contributed by atoms with Crippen LogP contribution in [0, 0.1) is 11.3 Å². The summed E-state index contributed by atoms with van der Waals surface area (Å²) in [5.41, 5.74) is -0.357. The van der Waals surface area contributed by atoms with Crippen LogP contribution in [0.3, 0.4) is 0 Å². The van der Waals surface area contributed by atoms with Crippen molar-refractivity contribution in [3.8, 4) is 6.07 Å². The fraction of sp³-hybridized carbons (Fsp3) is 0.429. The molecule has 0 aromatic heterocycles. The maximum Gasteiger partial charge on any atom is 0.417 e. The van der Waals surface area contributed by atoms with Gasteiger partial charge < -0.3 is 4.90 Å². The predicted molar refractivity (Wildman–Crippen MR) is 76.3 cm³/mol. The molecule has 0 spiro atoms. The van der Waals surface area contributed by atoms with E-state index in [4.69, 9.17) is 5.26 Å². The largest absolute Gasteiger partial charge is 0.417 e. The number of benzene rings is 1. The minimum Gasteiger partial charge on any atom is -0.353 e. The van der Waals surface area contributed by atoms with Crippen LogP contribution in [0.1, 0.15) is 11.1 Å². The molecule has 0 aliphatic carbocycles. The zero-order valence-corrected chi connectivity index (χ0v) is 13.2. The average Bonchev–Trinajstić information content (AvgIpc) is 2.42. The quantitative estimate of drug-likeness (QED) is 0.641. The van der Waals surface area contributed by atoms with Gasteiger partial charge in [0, 0.05) is 19.8 Å². The Morgan fingerprint density at radius 2 is 1.80 bits per heavy atom. The summed E-state index contributed by atoms with van der Waals surface area (Å²) in [6, 6.07) is 3.46. The summed E-state index contributed by atoms with van der Waals surface area (Å²) in [5.74, 6) is -0.841. The molecule has 5 nitrogen and oxygen atoms in total. The van der Waals surface area contributed by atoms with E-state index < -0.39 is 48.2 Å². The van der Waals surface area contributed by atoms with Gasteiger partial charge in [-0.3, -0.25) is 10.2 Å². The van der Waals surface area contributed by atoms with E-state index >= 15 is 0 Å². The van der Waals surface area contributed by atoms with Crippen LogP contribution < -0.4 is 10.3 Å². The minimum absolute atomic E-state index is 0.424. The maximum absolute atomic E-state index is 13.0. The molecule has 0 atom stereocenters. The number of carbonyl (C=O) groups excluding carboxylic acids is 1. The highest BCUT2D eigenvalue weighted by atomic mass is 19.4. The van der Waals surface area contributed by atoms with Gasteiger partial charge in [0.15, 0.2) is 0 Å². The Kier molecular flexibility index (Phi) is 6.26. The lowest BCUT2D eigenvalue weighted by molar-refractivity contribution is -0.137. The zero-order chi connectivity index (χ0) is 19.4. The number of halogens is 6. The number of nitriles is 1. The van der Waals surface area contributed by atoms with Crippen molar-refractivity contribution in [3.05, 3.63) is 29.3 Å². The molecule has 0 radical (unpaired) electrons. The summed E-state index contributed by atoms with van der Waals surface area (Å²) in [4.78, 5) is 12.1. The van der Waals surface area contributed by atoms with Crippen LogP contribution in [0.2, 0.25) is 0 Å². The van der Waals surface area contributed by atoms with Gasteiger partial charge in [-0.25, -0.2) is 5.01 Å². The molecule has 0 fully saturated rings. The van der Waals surface area contributed by atoms with Crippen molar-refractivity contribution in [2.75, 3.05) is 32.1 Å². The van der Waals surface area contributed by atoms with Crippen LogP contribution in [-0.2, 0) is 11.0 Å². The first-order valence-electron chi connectivity index (χ1n) is 6.73. The normalized spacial score (nSPS) is 12.0. The fourth-order valence-corrected chi connectivity index (χ4v) is 1.97. The molecule has 1 rings (SSSR count). The molecule has 1 N–H and O–H groups in total. The molecule has 0 aliphatic rings. The number of anilines is 1. The van der Waals surface area contributed by atoms with Gasteiger partial charge in [-0.2, -0.15) is 31.6 Å². The van der Waals surface area contributed by atoms with Crippen molar-refractivity contribution in [2.45, 2.75) is 12.4 Å². The van der Waals surface area contributed by atoms with E-state index in [9.17, 15) is 31.1 Å². The summed E-state index contributed by atoms with van der Waals surface area (Å²) < 4.78 is 77.1. The fourth-order valence-electron chi connectivity index (χ4n) is 1.97. The Hall–Kier alpha value is -2.48. The number of nitrogens with zero attached hydrogens (tertiary/aromatic N) is 3. The second kappa shape index (κ2) is 7.60. The number of hydrogen-bond acceptors (Lipinski definition) is 4. The van der Waals surface area contributed by atoms with Crippen LogP contribution in [-0.4, -0.2) is 44.3 Å². The van der Waals surface area contributed by atoms with E-state index in [0.717, 1.165) is 12.1 Å². The van der Waals surface area contributed by atoms with Gasteiger partial charge in [0.1, 0.15) is 6.54 Å². The number of amides is 1. The van der Waals surface area contributed by atoms with Crippen molar-refractivity contribution in [1.82, 2.24) is 10.4 Å². The van der Waals surface area contributed by atoms with Crippen LogP contribution in [0.25, 0.3) is 0 Å². The third-order valence-corrected chi connectivity index (χ3v) is 2.85. The summed E-state index contributed by atoms with van der Waals surface area (Å²) in [5, 5.41) is 9.92. The molecule has 138 valence electrons. The summed E-state index contributed by atoms with van der Waals surface area (Å²) >= 11 is 0. The smallest absolute Gasteiger partial charge is 0.353 e. The monoisotopic (exact) mass is 368 g/mol. The van der Waals surface area contributed by atoms with Gasteiger partial charge in [-0.05, 0) is 18.2 Å². The van der Waals surface area contributed by atoms with Crippen LogP contribution >= 0.6 is 0 Å². The standard InChI is InChI=1S/C14H14F6N4O/c1-23(2)22-12(25)7-24(8-13(15,16)17)10-4-3-9(6-21)11(5-10)14(18,19)20/h3-5H,7-8H2,1-2H3,(H,22,25). The van der Waals surface area contributed by atoms with Crippen molar-refractivity contribution in [3.63, 3.8) is 0 Å². The highest BCUT2D eigenvalue weighted by molar-refractivity contribution is 5.81. The molecular weight excluding hydrogens is 354 g/mol. The molecule has 0 unspecified atom stereocenters. The van der Waals surface area contributed by atoms with Crippen LogP contribution in [0.15, 0.2) is 18.2 Å². The number of rotatable bonds is 5. The molecule has 25 heavy (non-hydrogen) atoms. The highest BCUT2D eigenvalue weighted by Gasteiger charge is 2.36. The topological polar surface area (TPSA) is 59.4 Å². The van der Waals surface area contributed by atoms with E-state index in [0.29, 0.717) is 11.0 Å². The summed E-state index contributed by atoms with van der Waals surface area (Å²) in [6.07, 6.45) is -9.67. The van der Waals surface area contributed by atoms with Crippen molar-refractivity contribution in [2.24, 2.45) is 0 Å². The molecular formula is C14H14F6N4O. The Balaban J connectivity index is 3.26. The van der Waals surface area contributed by atoms with E-state index in [2.05, 4.69) is 5.43 Å². The van der Waals surface area contributed by atoms with E-state index in [1.54, 1.807) is 0 Å². The molecule has 1 aromatic rings. The Morgan fingerprint density at radius 1 is 1.20 bits per heavy atom. The zero-order valence-electron chi connectivity index (χ0n) is 13.2. The van der Waals surface area contributed by atoms with Gasteiger partial charge in [-0.15, -0.1) is 0 Å². The third kappa shape index (κ3) is 6.50. The Morgan fingerprint density at radius 3 is 2.24 bits per heavy atom. The minimum atomic E-state index is -4.92. The van der Waals surface area contributed by atoms with Crippen molar-refractivity contribution < 1.29 is 31.1 Å². The molecule has 0 aliphatic heterocycles. The lowest BCUT2D eigenvalue weighted by Gasteiger charge is -2.27. The highest BCUT2D eigenvalue weighted by Crippen LogP contribution is 2.35. The predicted octanol–water partition coefficient (Wildman–Crippen LogP) is 2.54. The second-order valence-corrected chi connectivity index (χ2v) is 5.24. The first-order chi connectivity index (χ1) is 11.3. The number of carbonyl (C=O) groups is 1. The van der Waals surface area contributed by atoms with Crippen LogP contribution in [0.5, 0.6) is 0 Å². The molecule has 1 amide bonds. The van der Waals surface area contributed by atoms with Crippen molar-refractivity contribution >= 4 is 11.6 Å². The molecule has 1 aromatic carbocycles. The molecule has 0 bridgehead atoms. The van der Waals surface area contributed by atoms with E-state index in [1.807, 2.05) is 0 Å². The lowest BCUT2D eigenvalue weighted by atomic mass is 10.1. The average molecular weight is 368 g/mol. The maximum atomic E-state index is 13.0. The van der Waals surface area contributed by atoms with Gasteiger partial charge >= 0.3 is 12.4 Å². The van der Waals surface area contributed by atoms with Gasteiger partial charge in [0.25, 0.3) is 5.91 Å². The van der Waals surface area contributed by atoms with Gasteiger partial charge in [0.2, 0.25) is 0 Å². The van der Waals surface area contributed by atoms with E-state index in [-0.39, 0.29) is 0 Å². The molecule has 0 saturated carbocycles.